The SMILES string of the molecule is CC(C)(C)c1cccc(Oc2nc[nH]c(=O)c2N)c1. The van der Waals surface area contributed by atoms with Crippen molar-refractivity contribution in [2.45, 2.75) is 26.2 Å². The number of nitrogens with one attached hydrogen (secondary N) is 1. The lowest BCUT2D eigenvalue weighted by Gasteiger charge is -2.19. The maximum Gasteiger partial charge on any atom is 0.277 e. The summed E-state index contributed by atoms with van der Waals surface area (Å²) in [6.45, 7) is 6.35. The Labute approximate surface area is 111 Å². The Morgan fingerprint density at radius 2 is 2.05 bits per heavy atom. The Balaban J connectivity index is 2.34. The first-order valence-corrected chi connectivity index (χ1v) is 5.99. The van der Waals surface area contributed by atoms with Gasteiger partial charge in [0.05, 0.1) is 6.33 Å². The zero-order valence-electron chi connectivity index (χ0n) is 11.2. The van der Waals surface area contributed by atoms with Crippen LogP contribution in [0.15, 0.2) is 35.4 Å². The highest BCUT2D eigenvalue weighted by molar-refractivity contribution is 5.47. The predicted molar refractivity (Wildman–Crippen MR) is 74.5 cm³/mol. The van der Waals surface area contributed by atoms with E-state index in [4.69, 9.17) is 10.5 Å². The van der Waals surface area contributed by atoms with Crippen molar-refractivity contribution in [1.82, 2.24) is 9.97 Å². The van der Waals surface area contributed by atoms with E-state index >= 15 is 0 Å². The summed E-state index contributed by atoms with van der Waals surface area (Å²) in [6.07, 6.45) is 1.27. The summed E-state index contributed by atoms with van der Waals surface area (Å²) < 4.78 is 5.57. The number of aromatic amines is 1. The van der Waals surface area contributed by atoms with Crippen LogP contribution in [0.3, 0.4) is 0 Å². The highest BCUT2D eigenvalue weighted by Crippen LogP contribution is 2.28. The van der Waals surface area contributed by atoms with E-state index in [1.165, 1.54) is 6.33 Å². The molecule has 1 heterocycles. The molecular formula is C14H17N3O2. The van der Waals surface area contributed by atoms with Gasteiger partial charge in [-0.3, -0.25) is 4.79 Å². The zero-order valence-corrected chi connectivity index (χ0v) is 11.2. The summed E-state index contributed by atoms with van der Waals surface area (Å²) in [6, 6.07) is 7.65. The minimum atomic E-state index is -0.406. The molecule has 0 bridgehead atoms. The summed E-state index contributed by atoms with van der Waals surface area (Å²) in [5.41, 5.74) is 6.35. The van der Waals surface area contributed by atoms with E-state index in [1.54, 1.807) is 6.07 Å². The van der Waals surface area contributed by atoms with Gasteiger partial charge in [0, 0.05) is 0 Å². The summed E-state index contributed by atoms with van der Waals surface area (Å²) in [5.74, 6) is 0.729. The number of ether oxygens (including phenoxy) is 1. The quantitative estimate of drug-likeness (QED) is 0.868. The van der Waals surface area contributed by atoms with Crippen molar-refractivity contribution in [3.05, 3.63) is 46.5 Å². The van der Waals surface area contributed by atoms with Gasteiger partial charge in [0.15, 0.2) is 5.69 Å². The molecule has 5 heteroatoms. The molecule has 0 unspecified atom stereocenters. The van der Waals surface area contributed by atoms with Crippen molar-refractivity contribution in [1.29, 1.82) is 0 Å². The van der Waals surface area contributed by atoms with Crippen molar-refractivity contribution in [3.8, 4) is 11.6 Å². The lowest BCUT2D eigenvalue weighted by Crippen LogP contribution is -2.13. The standard InChI is InChI=1S/C14H17N3O2/c1-14(2,3)9-5-4-6-10(7-9)19-13-11(15)12(18)16-8-17-13/h4-8H,15H2,1-3H3,(H,16,17,18). The Morgan fingerprint density at radius 1 is 1.32 bits per heavy atom. The number of benzene rings is 1. The van der Waals surface area contributed by atoms with Gasteiger partial charge in [-0.2, -0.15) is 0 Å². The molecular weight excluding hydrogens is 242 g/mol. The number of rotatable bonds is 2. The molecule has 0 radical (unpaired) electrons. The third kappa shape index (κ3) is 2.93. The molecule has 0 aliphatic rings. The van der Waals surface area contributed by atoms with Gasteiger partial charge in [-0.15, -0.1) is 0 Å². The first kappa shape index (κ1) is 13.1. The van der Waals surface area contributed by atoms with E-state index in [9.17, 15) is 4.79 Å². The summed E-state index contributed by atoms with van der Waals surface area (Å²) in [4.78, 5) is 17.7. The molecule has 1 aromatic heterocycles. The minimum absolute atomic E-state index is 0.0203. The topological polar surface area (TPSA) is 81.0 Å². The number of anilines is 1. The van der Waals surface area contributed by atoms with Gasteiger partial charge in [-0.1, -0.05) is 32.9 Å². The third-order valence-corrected chi connectivity index (χ3v) is 2.77. The second kappa shape index (κ2) is 4.76. The van der Waals surface area contributed by atoms with Crippen LogP contribution in [0.2, 0.25) is 0 Å². The molecule has 100 valence electrons. The van der Waals surface area contributed by atoms with Crippen LogP contribution in [0, 0.1) is 0 Å². The zero-order chi connectivity index (χ0) is 14.0. The fourth-order valence-electron chi connectivity index (χ4n) is 1.61. The normalized spacial score (nSPS) is 11.3. The average molecular weight is 259 g/mol. The van der Waals surface area contributed by atoms with Crippen LogP contribution in [-0.2, 0) is 5.41 Å². The second-order valence-electron chi connectivity index (χ2n) is 5.33. The van der Waals surface area contributed by atoms with Crippen molar-refractivity contribution in [2.75, 3.05) is 5.73 Å². The number of hydrogen-bond donors (Lipinski definition) is 2. The molecule has 5 nitrogen and oxygen atoms in total. The van der Waals surface area contributed by atoms with Crippen molar-refractivity contribution >= 4 is 5.69 Å². The summed E-state index contributed by atoms with van der Waals surface area (Å²) in [7, 11) is 0. The highest BCUT2D eigenvalue weighted by Gasteiger charge is 2.15. The Morgan fingerprint density at radius 3 is 2.74 bits per heavy atom. The van der Waals surface area contributed by atoms with E-state index in [-0.39, 0.29) is 17.0 Å². The number of aromatic nitrogens is 2. The van der Waals surface area contributed by atoms with Gasteiger partial charge in [-0.25, -0.2) is 4.98 Å². The largest absolute Gasteiger partial charge is 0.437 e. The third-order valence-electron chi connectivity index (χ3n) is 2.77. The van der Waals surface area contributed by atoms with Crippen molar-refractivity contribution in [3.63, 3.8) is 0 Å². The number of nitrogens with two attached hydrogens (primary N) is 1. The first-order valence-electron chi connectivity index (χ1n) is 5.99. The number of nitrogens with zero attached hydrogens (tertiary/aromatic N) is 1. The van der Waals surface area contributed by atoms with Crippen LogP contribution in [0.25, 0.3) is 0 Å². The van der Waals surface area contributed by atoms with E-state index < -0.39 is 5.56 Å². The lowest BCUT2D eigenvalue weighted by molar-refractivity contribution is 0.460. The van der Waals surface area contributed by atoms with E-state index in [1.807, 2.05) is 18.2 Å². The summed E-state index contributed by atoms with van der Waals surface area (Å²) in [5, 5.41) is 0. The molecule has 0 saturated carbocycles. The predicted octanol–water partition coefficient (Wildman–Crippen LogP) is 2.44. The van der Waals surface area contributed by atoms with Crippen molar-refractivity contribution in [2.24, 2.45) is 0 Å². The second-order valence-corrected chi connectivity index (χ2v) is 5.33. The Kier molecular flexibility index (Phi) is 3.29. The monoisotopic (exact) mass is 259 g/mol. The smallest absolute Gasteiger partial charge is 0.277 e. The van der Waals surface area contributed by atoms with Crippen LogP contribution >= 0.6 is 0 Å². The van der Waals surface area contributed by atoms with Crippen LogP contribution in [0.5, 0.6) is 11.6 Å². The fourth-order valence-corrected chi connectivity index (χ4v) is 1.61. The molecule has 0 aliphatic heterocycles. The number of H-pyrrole nitrogens is 1. The van der Waals surface area contributed by atoms with Gasteiger partial charge in [0.25, 0.3) is 5.56 Å². The maximum atomic E-state index is 11.4. The van der Waals surface area contributed by atoms with E-state index in [2.05, 4.69) is 30.7 Å². The molecule has 0 atom stereocenters. The van der Waals surface area contributed by atoms with Crippen LogP contribution in [0.4, 0.5) is 5.69 Å². The van der Waals surface area contributed by atoms with E-state index in [0.717, 1.165) is 5.56 Å². The molecule has 3 N–H and O–H groups in total. The van der Waals surface area contributed by atoms with Crippen LogP contribution in [0.1, 0.15) is 26.3 Å². The molecule has 0 amide bonds. The van der Waals surface area contributed by atoms with Crippen molar-refractivity contribution < 1.29 is 4.74 Å². The van der Waals surface area contributed by atoms with Crippen LogP contribution < -0.4 is 16.0 Å². The molecule has 0 saturated heterocycles. The number of nitrogen functional groups attached to an aromatic ring is 1. The molecule has 19 heavy (non-hydrogen) atoms. The number of hydrogen-bond acceptors (Lipinski definition) is 4. The molecule has 2 aromatic rings. The van der Waals surface area contributed by atoms with E-state index in [0.29, 0.717) is 5.75 Å². The molecule has 2 rings (SSSR count). The maximum absolute atomic E-state index is 11.4. The molecule has 0 spiro atoms. The Hall–Kier alpha value is -2.30. The molecule has 0 aliphatic carbocycles. The fraction of sp³-hybridized carbons (Fsp3) is 0.286. The Bertz CT molecular complexity index is 642. The average Bonchev–Trinajstić information content (AvgIpc) is 2.34. The highest BCUT2D eigenvalue weighted by atomic mass is 16.5. The molecule has 1 aromatic carbocycles. The van der Waals surface area contributed by atoms with Gasteiger partial charge in [0.1, 0.15) is 5.75 Å². The first-order chi connectivity index (χ1) is 8.88. The van der Waals surface area contributed by atoms with Gasteiger partial charge < -0.3 is 15.5 Å². The van der Waals surface area contributed by atoms with Gasteiger partial charge >= 0.3 is 0 Å². The van der Waals surface area contributed by atoms with Gasteiger partial charge in [0.2, 0.25) is 5.88 Å². The lowest BCUT2D eigenvalue weighted by atomic mass is 9.87. The van der Waals surface area contributed by atoms with Gasteiger partial charge in [-0.05, 0) is 23.1 Å². The molecule has 0 fully saturated rings. The summed E-state index contributed by atoms with van der Waals surface area (Å²) >= 11 is 0. The van der Waals surface area contributed by atoms with Crippen LogP contribution in [-0.4, -0.2) is 9.97 Å². The minimum Gasteiger partial charge on any atom is -0.437 e.